The fraction of sp³-hybridized carbons (Fsp3) is 0.348. The zero-order valence-corrected chi connectivity index (χ0v) is 14.6. The van der Waals surface area contributed by atoms with Gasteiger partial charge in [0.1, 0.15) is 0 Å². The van der Waals surface area contributed by atoms with Gasteiger partial charge in [-0.3, -0.25) is 9.69 Å². The van der Waals surface area contributed by atoms with Crippen molar-refractivity contribution in [2.45, 2.75) is 44.3 Å². The van der Waals surface area contributed by atoms with Crippen molar-refractivity contribution in [3.63, 3.8) is 0 Å². The molecule has 2 aromatic carbocycles. The van der Waals surface area contributed by atoms with Crippen molar-refractivity contribution in [3.05, 3.63) is 78.4 Å². The number of hydrogen-bond donors (Lipinski definition) is 0. The number of ketones is 1. The van der Waals surface area contributed by atoms with E-state index in [1.54, 1.807) is 0 Å². The van der Waals surface area contributed by atoms with E-state index in [0.29, 0.717) is 17.7 Å². The van der Waals surface area contributed by atoms with Crippen LogP contribution in [0.5, 0.6) is 0 Å². The molecule has 2 unspecified atom stereocenters. The number of Topliss-reactive ketones (excluding diaryl/α,β-unsaturated/α-hetero) is 1. The van der Waals surface area contributed by atoms with Crippen LogP contribution in [0.15, 0.2) is 67.2 Å². The molecule has 2 aromatic rings. The summed E-state index contributed by atoms with van der Waals surface area (Å²) in [7, 11) is 0. The zero-order valence-electron chi connectivity index (χ0n) is 14.6. The van der Waals surface area contributed by atoms with E-state index in [9.17, 15) is 4.79 Å². The molecule has 2 fully saturated rings. The lowest BCUT2D eigenvalue weighted by molar-refractivity contribution is -0.119. The average molecular weight is 331 g/mol. The highest BCUT2D eigenvalue weighted by atomic mass is 16.1. The molecule has 0 radical (unpaired) electrons. The molecule has 128 valence electrons. The second kappa shape index (κ2) is 6.97. The Balaban J connectivity index is 1.44. The van der Waals surface area contributed by atoms with Gasteiger partial charge in [-0.15, -0.1) is 0 Å². The summed E-state index contributed by atoms with van der Waals surface area (Å²) in [5.41, 5.74) is 3.02. The van der Waals surface area contributed by atoms with Gasteiger partial charge in [0.15, 0.2) is 5.78 Å². The van der Waals surface area contributed by atoms with Gasteiger partial charge in [-0.25, -0.2) is 0 Å². The summed E-state index contributed by atoms with van der Waals surface area (Å²) >= 11 is 0. The predicted octanol–water partition coefficient (Wildman–Crippen LogP) is 4.71. The van der Waals surface area contributed by atoms with Crippen molar-refractivity contribution < 1.29 is 4.79 Å². The number of fused-ring (bicyclic) bond motifs is 2. The first-order valence-corrected chi connectivity index (χ1v) is 9.30. The third-order valence-corrected chi connectivity index (χ3v) is 5.88. The highest BCUT2D eigenvalue weighted by molar-refractivity contribution is 6.21. The van der Waals surface area contributed by atoms with Gasteiger partial charge < -0.3 is 0 Å². The Hall–Kier alpha value is -2.19. The summed E-state index contributed by atoms with van der Waals surface area (Å²) in [4.78, 5) is 15.6. The number of hydrogen-bond acceptors (Lipinski definition) is 2. The first kappa shape index (κ1) is 16.3. The zero-order chi connectivity index (χ0) is 17.2. The SMILES string of the molecule is C=C(C(=O)C1CC2CCC(C1)N2Cc1ccccc1)c1ccccc1. The van der Waals surface area contributed by atoms with E-state index in [-0.39, 0.29) is 11.7 Å². The van der Waals surface area contributed by atoms with E-state index in [4.69, 9.17) is 0 Å². The number of carbonyl (C=O) groups excluding carboxylic acids is 1. The topological polar surface area (TPSA) is 20.3 Å². The van der Waals surface area contributed by atoms with Crippen molar-refractivity contribution in [1.29, 1.82) is 0 Å². The summed E-state index contributed by atoms with van der Waals surface area (Å²) in [6, 6.07) is 21.7. The molecule has 0 amide bonds. The maximum Gasteiger partial charge on any atom is 0.166 e. The van der Waals surface area contributed by atoms with Gasteiger partial charge in [-0.1, -0.05) is 67.2 Å². The first-order chi connectivity index (χ1) is 12.2. The maximum absolute atomic E-state index is 13.0. The lowest BCUT2D eigenvalue weighted by Gasteiger charge is -2.38. The van der Waals surface area contributed by atoms with Crippen LogP contribution < -0.4 is 0 Å². The highest BCUT2D eigenvalue weighted by Crippen LogP contribution is 2.41. The van der Waals surface area contributed by atoms with Gasteiger partial charge in [-0.05, 0) is 36.8 Å². The van der Waals surface area contributed by atoms with E-state index in [2.05, 4.69) is 41.8 Å². The number of benzene rings is 2. The summed E-state index contributed by atoms with van der Waals surface area (Å²) in [6.07, 6.45) is 4.40. The van der Waals surface area contributed by atoms with Crippen molar-refractivity contribution in [3.8, 4) is 0 Å². The van der Waals surface area contributed by atoms with E-state index in [0.717, 1.165) is 24.9 Å². The Bertz CT molecular complexity index is 738. The fourth-order valence-corrected chi connectivity index (χ4v) is 4.57. The minimum atomic E-state index is 0.136. The third-order valence-electron chi connectivity index (χ3n) is 5.88. The van der Waals surface area contributed by atoms with Crippen LogP contribution in [0.4, 0.5) is 0 Å². The standard InChI is InChI=1S/C23H25NO/c1-17(19-10-6-3-7-11-19)23(25)20-14-21-12-13-22(15-20)24(21)16-18-8-4-2-5-9-18/h2-11,20-22H,1,12-16H2. The number of rotatable bonds is 5. The largest absolute Gasteiger partial charge is 0.294 e. The maximum atomic E-state index is 13.0. The molecule has 2 heteroatoms. The van der Waals surface area contributed by atoms with Crippen LogP contribution >= 0.6 is 0 Å². The first-order valence-electron chi connectivity index (χ1n) is 9.30. The number of piperidine rings is 1. The number of carbonyl (C=O) groups is 1. The molecule has 0 spiro atoms. The lowest BCUT2D eigenvalue weighted by atomic mass is 9.83. The second-order valence-electron chi connectivity index (χ2n) is 7.42. The smallest absolute Gasteiger partial charge is 0.166 e. The molecule has 2 aliphatic heterocycles. The summed E-state index contributed by atoms with van der Waals surface area (Å²) in [5.74, 6) is 0.389. The Morgan fingerprint density at radius 3 is 2.08 bits per heavy atom. The van der Waals surface area contributed by atoms with Gasteiger partial charge in [0.2, 0.25) is 0 Å². The second-order valence-corrected chi connectivity index (χ2v) is 7.42. The van der Waals surface area contributed by atoms with Gasteiger partial charge in [0.25, 0.3) is 0 Å². The van der Waals surface area contributed by atoms with Crippen LogP contribution in [0.1, 0.15) is 36.8 Å². The Labute approximate surface area is 150 Å². The predicted molar refractivity (Wildman–Crippen MR) is 102 cm³/mol. The molecule has 2 bridgehead atoms. The van der Waals surface area contributed by atoms with Gasteiger partial charge in [-0.2, -0.15) is 0 Å². The Morgan fingerprint density at radius 2 is 1.48 bits per heavy atom. The molecule has 2 atom stereocenters. The Kier molecular flexibility index (Phi) is 4.54. The number of allylic oxidation sites excluding steroid dienone is 1. The summed E-state index contributed by atoms with van der Waals surface area (Å²) in [6.45, 7) is 5.10. The number of nitrogens with zero attached hydrogens (tertiary/aromatic N) is 1. The molecule has 2 nitrogen and oxygen atoms in total. The fourth-order valence-electron chi connectivity index (χ4n) is 4.57. The van der Waals surface area contributed by atoms with Crippen molar-refractivity contribution in [1.82, 2.24) is 4.90 Å². The molecular formula is C23H25NO. The highest BCUT2D eigenvalue weighted by Gasteiger charge is 2.42. The summed E-state index contributed by atoms with van der Waals surface area (Å²) < 4.78 is 0. The molecule has 0 aliphatic carbocycles. The van der Waals surface area contributed by atoms with Crippen molar-refractivity contribution >= 4 is 11.4 Å². The summed E-state index contributed by atoms with van der Waals surface area (Å²) in [5, 5.41) is 0. The van der Waals surface area contributed by atoms with E-state index < -0.39 is 0 Å². The molecule has 4 rings (SSSR count). The van der Waals surface area contributed by atoms with Gasteiger partial charge in [0.05, 0.1) is 0 Å². The minimum absolute atomic E-state index is 0.136. The molecular weight excluding hydrogens is 306 g/mol. The van der Waals surface area contributed by atoms with Crippen LogP contribution in [0, 0.1) is 5.92 Å². The average Bonchev–Trinajstić information content (AvgIpc) is 2.90. The third kappa shape index (κ3) is 3.32. The molecule has 25 heavy (non-hydrogen) atoms. The molecule has 0 aromatic heterocycles. The molecule has 0 saturated carbocycles. The van der Waals surface area contributed by atoms with Crippen LogP contribution in [0.2, 0.25) is 0 Å². The van der Waals surface area contributed by atoms with Gasteiger partial charge >= 0.3 is 0 Å². The van der Waals surface area contributed by atoms with E-state index in [1.165, 1.54) is 18.4 Å². The van der Waals surface area contributed by atoms with Crippen LogP contribution in [0.3, 0.4) is 0 Å². The van der Waals surface area contributed by atoms with Crippen LogP contribution in [-0.2, 0) is 11.3 Å². The Morgan fingerprint density at radius 1 is 0.920 bits per heavy atom. The normalized spacial score (nSPS) is 25.7. The quantitative estimate of drug-likeness (QED) is 0.739. The lowest BCUT2D eigenvalue weighted by Crippen LogP contribution is -2.44. The van der Waals surface area contributed by atoms with E-state index >= 15 is 0 Å². The molecule has 2 saturated heterocycles. The minimum Gasteiger partial charge on any atom is -0.294 e. The van der Waals surface area contributed by atoms with Crippen LogP contribution in [-0.4, -0.2) is 22.8 Å². The monoisotopic (exact) mass is 331 g/mol. The van der Waals surface area contributed by atoms with Crippen LogP contribution in [0.25, 0.3) is 5.57 Å². The molecule has 0 N–H and O–H groups in total. The van der Waals surface area contributed by atoms with Crippen molar-refractivity contribution in [2.24, 2.45) is 5.92 Å². The van der Waals surface area contributed by atoms with Crippen molar-refractivity contribution in [2.75, 3.05) is 0 Å². The molecule has 2 aliphatic rings. The molecule has 2 heterocycles. The van der Waals surface area contributed by atoms with E-state index in [1.807, 2.05) is 30.3 Å². The van der Waals surface area contributed by atoms with Gasteiger partial charge in [0, 0.05) is 30.1 Å².